The van der Waals surface area contributed by atoms with Crippen LogP contribution >= 0.6 is 0 Å². The summed E-state index contributed by atoms with van der Waals surface area (Å²) in [5.41, 5.74) is 0.186. The predicted octanol–water partition coefficient (Wildman–Crippen LogP) is 1.86. The van der Waals surface area contributed by atoms with E-state index in [1.165, 1.54) is 38.5 Å². The van der Waals surface area contributed by atoms with Gasteiger partial charge >= 0.3 is 0 Å². The molecule has 1 heterocycles. The second-order valence-electron chi connectivity index (χ2n) is 4.20. The standard InChI is InChI=1S/C10H18O2/c11-8-9-4-7-10(12-9)5-2-1-3-6-10/h9,11H,1-8H2/t9-/m0/s1. The van der Waals surface area contributed by atoms with Crippen LogP contribution in [0.2, 0.25) is 0 Å². The number of hydrogen-bond acceptors (Lipinski definition) is 2. The maximum Gasteiger partial charge on any atom is 0.0814 e. The Labute approximate surface area is 73.9 Å². The zero-order valence-corrected chi connectivity index (χ0v) is 7.59. The fraction of sp³-hybridized carbons (Fsp3) is 1.00. The molecule has 2 nitrogen and oxygen atoms in total. The summed E-state index contributed by atoms with van der Waals surface area (Å²) >= 11 is 0. The van der Waals surface area contributed by atoms with Crippen molar-refractivity contribution in [2.24, 2.45) is 0 Å². The third-order valence-electron chi connectivity index (χ3n) is 3.31. The van der Waals surface area contributed by atoms with Gasteiger partial charge in [0.1, 0.15) is 0 Å². The van der Waals surface area contributed by atoms with E-state index >= 15 is 0 Å². The quantitative estimate of drug-likeness (QED) is 0.651. The Bertz CT molecular complexity index is 150. The van der Waals surface area contributed by atoms with E-state index in [4.69, 9.17) is 9.84 Å². The van der Waals surface area contributed by atoms with Crippen molar-refractivity contribution in [1.82, 2.24) is 0 Å². The third kappa shape index (κ3) is 1.50. The first kappa shape index (κ1) is 8.52. The Morgan fingerprint density at radius 1 is 1.17 bits per heavy atom. The summed E-state index contributed by atoms with van der Waals surface area (Å²) in [4.78, 5) is 0. The van der Waals surface area contributed by atoms with Crippen LogP contribution in [0.4, 0.5) is 0 Å². The monoisotopic (exact) mass is 170 g/mol. The van der Waals surface area contributed by atoms with Gasteiger partial charge in [-0.1, -0.05) is 19.3 Å². The van der Waals surface area contributed by atoms with E-state index < -0.39 is 0 Å². The van der Waals surface area contributed by atoms with E-state index in [1.807, 2.05) is 0 Å². The summed E-state index contributed by atoms with van der Waals surface area (Å²) in [5, 5.41) is 8.96. The van der Waals surface area contributed by atoms with Crippen molar-refractivity contribution in [3.63, 3.8) is 0 Å². The number of rotatable bonds is 1. The van der Waals surface area contributed by atoms with Crippen LogP contribution in [0.1, 0.15) is 44.9 Å². The average Bonchev–Trinajstić information content (AvgIpc) is 2.50. The zero-order valence-electron chi connectivity index (χ0n) is 7.59. The molecule has 2 fully saturated rings. The van der Waals surface area contributed by atoms with Gasteiger partial charge in [0.05, 0.1) is 18.3 Å². The lowest BCUT2D eigenvalue weighted by Gasteiger charge is -2.33. The van der Waals surface area contributed by atoms with Crippen LogP contribution in [0, 0.1) is 0 Å². The van der Waals surface area contributed by atoms with Crippen LogP contribution in [0.5, 0.6) is 0 Å². The van der Waals surface area contributed by atoms with Crippen molar-refractivity contribution in [2.75, 3.05) is 6.61 Å². The molecule has 2 heteroatoms. The van der Waals surface area contributed by atoms with Crippen LogP contribution < -0.4 is 0 Å². The van der Waals surface area contributed by atoms with Crippen molar-refractivity contribution in [2.45, 2.75) is 56.7 Å². The number of aliphatic hydroxyl groups is 1. The van der Waals surface area contributed by atoms with E-state index in [0.717, 1.165) is 6.42 Å². The summed E-state index contributed by atoms with van der Waals surface area (Å²) in [5.74, 6) is 0. The molecular formula is C10H18O2. The summed E-state index contributed by atoms with van der Waals surface area (Å²) in [6.07, 6.45) is 8.84. The molecule has 0 aromatic rings. The van der Waals surface area contributed by atoms with Crippen LogP contribution in [0.15, 0.2) is 0 Å². The highest BCUT2D eigenvalue weighted by Crippen LogP contribution is 2.41. The van der Waals surface area contributed by atoms with Crippen LogP contribution in [0.25, 0.3) is 0 Å². The Hall–Kier alpha value is -0.0800. The van der Waals surface area contributed by atoms with E-state index in [0.29, 0.717) is 0 Å². The highest BCUT2D eigenvalue weighted by molar-refractivity contribution is 4.90. The lowest BCUT2D eigenvalue weighted by molar-refractivity contribution is -0.0778. The Balaban J connectivity index is 1.94. The van der Waals surface area contributed by atoms with E-state index in [2.05, 4.69) is 0 Å². The van der Waals surface area contributed by atoms with Gasteiger partial charge in [-0.2, -0.15) is 0 Å². The molecule has 70 valence electrons. The van der Waals surface area contributed by atoms with Gasteiger partial charge in [-0.05, 0) is 25.7 Å². The summed E-state index contributed by atoms with van der Waals surface area (Å²) in [7, 11) is 0. The number of ether oxygens (including phenoxy) is 1. The van der Waals surface area contributed by atoms with Gasteiger partial charge in [-0.25, -0.2) is 0 Å². The smallest absolute Gasteiger partial charge is 0.0814 e. The van der Waals surface area contributed by atoms with Gasteiger partial charge in [0, 0.05) is 0 Å². The van der Waals surface area contributed by atoms with Crippen molar-refractivity contribution < 1.29 is 9.84 Å². The van der Waals surface area contributed by atoms with Gasteiger partial charge in [-0.3, -0.25) is 0 Å². The summed E-state index contributed by atoms with van der Waals surface area (Å²) in [6, 6.07) is 0. The minimum atomic E-state index is 0.142. The van der Waals surface area contributed by atoms with E-state index in [-0.39, 0.29) is 18.3 Å². The topological polar surface area (TPSA) is 29.5 Å². The van der Waals surface area contributed by atoms with Crippen LogP contribution in [-0.4, -0.2) is 23.4 Å². The Kier molecular flexibility index (Phi) is 2.37. The third-order valence-corrected chi connectivity index (χ3v) is 3.31. The molecule has 1 atom stereocenters. The molecule has 1 saturated carbocycles. The molecule has 0 amide bonds. The van der Waals surface area contributed by atoms with Crippen LogP contribution in [-0.2, 0) is 4.74 Å². The molecule has 0 aromatic carbocycles. The summed E-state index contributed by atoms with van der Waals surface area (Å²) < 4.78 is 5.89. The van der Waals surface area contributed by atoms with Gasteiger partial charge < -0.3 is 9.84 Å². The van der Waals surface area contributed by atoms with Crippen molar-refractivity contribution in [3.8, 4) is 0 Å². The molecule has 0 aromatic heterocycles. The average molecular weight is 170 g/mol. The fourth-order valence-corrected chi connectivity index (χ4v) is 2.59. The molecule has 2 rings (SSSR count). The Morgan fingerprint density at radius 3 is 2.50 bits per heavy atom. The van der Waals surface area contributed by atoms with Crippen molar-refractivity contribution in [3.05, 3.63) is 0 Å². The highest BCUT2D eigenvalue weighted by atomic mass is 16.5. The predicted molar refractivity (Wildman–Crippen MR) is 47.0 cm³/mol. The molecule has 2 aliphatic rings. The molecule has 0 bridgehead atoms. The maximum atomic E-state index is 8.96. The fourth-order valence-electron chi connectivity index (χ4n) is 2.59. The second kappa shape index (κ2) is 3.35. The number of aliphatic hydroxyl groups excluding tert-OH is 1. The molecule has 1 aliphatic carbocycles. The van der Waals surface area contributed by atoms with Crippen molar-refractivity contribution in [1.29, 1.82) is 0 Å². The van der Waals surface area contributed by atoms with Crippen LogP contribution in [0.3, 0.4) is 0 Å². The van der Waals surface area contributed by atoms with Gasteiger partial charge in [0.15, 0.2) is 0 Å². The molecule has 1 saturated heterocycles. The molecule has 0 radical (unpaired) electrons. The van der Waals surface area contributed by atoms with E-state index in [9.17, 15) is 0 Å². The lowest BCUT2D eigenvalue weighted by atomic mass is 9.83. The first-order chi connectivity index (χ1) is 5.85. The molecule has 0 unspecified atom stereocenters. The lowest BCUT2D eigenvalue weighted by Crippen LogP contribution is -2.32. The van der Waals surface area contributed by atoms with E-state index in [1.54, 1.807) is 0 Å². The normalized spacial score (nSPS) is 34.2. The SMILES string of the molecule is OC[C@@H]1CCC2(CCCCC2)O1. The maximum absolute atomic E-state index is 8.96. The molecule has 1 N–H and O–H groups in total. The molecule has 12 heavy (non-hydrogen) atoms. The molecule has 1 spiro atoms. The Morgan fingerprint density at radius 2 is 1.92 bits per heavy atom. The molecular weight excluding hydrogens is 152 g/mol. The van der Waals surface area contributed by atoms with Crippen molar-refractivity contribution >= 4 is 0 Å². The number of hydrogen-bond donors (Lipinski definition) is 1. The zero-order chi connectivity index (χ0) is 8.44. The van der Waals surface area contributed by atoms with Gasteiger partial charge in [0.25, 0.3) is 0 Å². The minimum absolute atomic E-state index is 0.142. The highest BCUT2D eigenvalue weighted by Gasteiger charge is 2.40. The van der Waals surface area contributed by atoms with Gasteiger partial charge in [0.2, 0.25) is 0 Å². The first-order valence-electron chi connectivity index (χ1n) is 5.13. The van der Waals surface area contributed by atoms with Gasteiger partial charge in [-0.15, -0.1) is 0 Å². The first-order valence-corrected chi connectivity index (χ1v) is 5.13. The minimum Gasteiger partial charge on any atom is -0.394 e. The molecule has 1 aliphatic heterocycles. The summed E-state index contributed by atoms with van der Waals surface area (Å²) in [6.45, 7) is 0.210. The second-order valence-corrected chi connectivity index (χ2v) is 4.20. The largest absolute Gasteiger partial charge is 0.394 e.